The average molecular weight is 397 g/mol. The number of nitrogens with one attached hydrogen (secondary N) is 1. The van der Waals surface area contributed by atoms with E-state index >= 15 is 0 Å². The van der Waals surface area contributed by atoms with Gasteiger partial charge in [-0.3, -0.25) is 14.6 Å². The number of carbonyl (C=O) groups excluding carboxylic acids is 2. The molecule has 1 heterocycles. The lowest BCUT2D eigenvalue weighted by Crippen LogP contribution is -2.49. The third kappa shape index (κ3) is 7.07. The van der Waals surface area contributed by atoms with Crippen LogP contribution < -0.4 is 5.32 Å². The van der Waals surface area contributed by atoms with Crippen LogP contribution in [0.25, 0.3) is 0 Å². The fourth-order valence-electron chi connectivity index (χ4n) is 3.20. The van der Waals surface area contributed by atoms with Gasteiger partial charge in [0.05, 0.1) is 12.1 Å². The van der Waals surface area contributed by atoms with E-state index in [1.165, 1.54) is 18.6 Å². The van der Waals surface area contributed by atoms with Crippen LogP contribution in [-0.4, -0.2) is 44.8 Å². The van der Waals surface area contributed by atoms with Crippen molar-refractivity contribution in [1.82, 2.24) is 15.3 Å². The minimum absolute atomic E-state index is 0. The van der Waals surface area contributed by atoms with Crippen LogP contribution in [0.5, 0.6) is 0 Å². The van der Waals surface area contributed by atoms with Crippen LogP contribution >= 0.6 is 0 Å². The third-order valence-electron chi connectivity index (χ3n) is 4.95. The summed E-state index contributed by atoms with van der Waals surface area (Å²) in [5.74, 6) is -1.59. The van der Waals surface area contributed by atoms with E-state index in [0.717, 1.165) is 18.4 Å². The van der Waals surface area contributed by atoms with Crippen LogP contribution in [0.4, 0.5) is 0 Å². The molecule has 0 saturated heterocycles. The first-order chi connectivity index (χ1) is 13.5. The Hall–Kier alpha value is -2.58. The Balaban J connectivity index is 0.00000300. The summed E-state index contributed by atoms with van der Waals surface area (Å²) < 4.78 is 0. The Morgan fingerprint density at radius 1 is 1.17 bits per heavy atom. The highest BCUT2D eigenvalue weighted by atomic mass is 16.4. The monoisotopic (exact) mass is 397 g/mol. The molecule has 1 fully saturated rings. The molecule has 1 aliphatic carbocycles. The summed E-state index contributed by atoms with van der Waals surface area (Å²) in [5.41, 5.74) is 1.14. The maximum Gasteiger partial charge on any atom is 0.475 e. The molecule has 0 unspecified atom stereocenters. The van der Waals surface area contributed by atoms with Crippen LogP contribution in [-0.2, 0) is 11.2 Å². The Labute approximate surface area is 171 Å². The van der Waals surface area contributed by atoms with E-state index in [9.17, 15) is 19.6 Å². The second-order valence-electron chi connectivity index (χ2n) is 7.31. The molecule has 2 aromatic rings. The first kappa shape index (κ1) is 22.7. The molecule has 1 saturated carbocycles. The van der Waals surface area contributed by atoms with Gasteiger partial charge in [0.1, 0.15) is 5.69 Å². The highest BCUT2D eigenvalue weighted by molar-refractivity contribution is 6.43. The summed E-state index contributed by atoms with van der Waals surface area (Å²) in [7, 11) is -1.63. The standard InChI is InChI=1S/C20H24BN3O4.CH4/c25-18(17-13-22-8-9-23-17)12-16(10-14-4-2-1-3-5-14)20(26)24-19(21(27)28)11-15-6-7-15;/h1-5,8-9,13,15-16,19,27-28H,6-7,10-12H2,(H,24,26);1H4/t16-,19+;/m1./s1. The van der Waals surface area contributed by atoms with Crippen molar-refractivity contribution < 1.29 is 19.6 Å². The van der Waals surface area contributed by atoms with E-state index in [2.05, 4.69) is 15.3 Å². The van der Waals surface area contributed by atoms with Crippen LogP contribution in [0.3, 0.4) is 0 Å². The summed E-state index contributed by atoms with van der Waals surface area (Å²) in [6.07, 6.45) is 7.25. The summed E-state index contributed by atoms with van der Waals surface area (Å²) in [5, 5.41) is 22.0. The number of Topliss-reactive ketones (excluding diaryl/α,β-unsaturated/α-hetero) is 1. The quantitative estimate of drug-likeness (QED) is 0.417. The second kappa shape index (κ2) is 10.8. The Bertz CT molecular complexity index is 785. The molecule has 1 aromatic heterocycles. The summed E-state index contributed by atoms with van der Waals surface area (Å²) in [4.78, 5) is 33.4. The minimum atomic E-state index is -1.63. The fraction of sp³-hybridized carbons (Fsp3) is 0.429. The zero-order valence-electron chi connectivity index (χ0n) is 15.6. The molecule has 0 spiro atoms. The van der Waals surface area contributed by atoms with Gasteiger partial charge in [0, 0.05) is 24.7 Å². The SMILES string of the molecule is C.O=C(C[C@@H](Cc1ccccc1)C(=O)N[C@@H](CC1CC1)B(O)O)c1cnccn1. The smallest absolute Gasteiger partial charge is 0.426 e. The van der Waals surface area contributed by atoms with Gasteiger partial charge in [-0.1, -0.05) is 50.6 Å². The van der Waals surface area contributed by atoms with Crippen LogP contribution in [0, 0.1) is 11.8 Å². The molecule has 154 valence electrons. The van der Waals surface area contributed by atoms with Crippen LogP contribution in [0.1, 0.15) is 49.2 Å². The van der Waals surface area contributed by atoms with Gasteiger partial charge in [-0.15, -0.1) is 0 Å². The molecule has 1 aliphatic rings. The zero-order chi connectivity index (χ0) is 19.9. The van der Waals surface area contributed by atoms with E-state index in [-0.39, 0.29) is 31.2 Å². The third-order valence-corrected chi connectivity index (χ3v) is 4.95. The van der Waals surface area contributed by atoms with Crippen molar-refractivity contribution in [2.24, 2.45) is 11.8 Å². The molecule has 29 heavy (non-hydrogen) atoms. The van der Waals surface area contributed by atoms with Crippen molar-refractivity contribution in [1.29, 1.82) is 0 Å². The predicted molar refractivity (Wildman–Crippen MR) is 111 cm³/mol. The van der Waals surface area contributed by atoms with E-state index in [4.69, 9.17) is 0 Å². The van der Waals surface area contributed by atoms with Gasteiger partial charge in [0.15, 0.2) is 5.78 Å². The van der Waals surface area contributed by atoms with Gasteiger partial charge in [0.2, 0.25) is 5.91 Å². The zero-order valence-corrected chi connectivity index (χ0v) is 15.6. The number of ketones is 1. The van der Waals surface area contributed by atoms with Gasteiger partial charge in [0.25, 0.3) is 0 Å². The van der Waals surface area contributed by atoms with Gasteiger partial charge in [-0.05, 0) is 24.3 Å². The van der Waals surface area contributed by atoms with E-state index in [0.29, 0.717) is 18.8 Å². The molecule has 8 heteroatoms. The molecule has 0 bridgehead atoms. The van der Waals surface area contributed by atoms with Gasteiger partial charge in [-0.25, -0.2) is 4.98 Å². The maximum atomic E-state index is 12.9. The number of rotatable bonds is 10. The van der Waals surface area contributed by atoms with Crippen molar-refractivity contribution in [2.45, 2.75) is 45.5 Å². The molecular formula is C21H28BN3O4. The summed E-state index contributed by atoms with van der Waals surface area (Å²) in [6, 6.07) is 9.44. The molecule has 3 N–H and O–H groups in total. The van der Waals surface area contributed by atoms with Crippen molar-refractivity contribution >= 4 is 18.8 Å². The summed E-state index contributed by atoms with van der Waals surface area (Å²) in [6.45, 7) is 0. The fourth-order valence-corrected chi connectivity index (χ4v) is 3.20. The van der Waals surface area contributed by atoms with Crippen LogP contribution in [0.15, 0.2) is 48.9 Å². The molecule has 0 radical (unpaired) electrons. The number of hydrogen-bond donors (Lipinski definition) is 3. The number of aromatic nitrogens is 2. The number of amides is 1. The topological polar surface area (TPSA) is 112 Å². The molecular weight excluding hydrogens is 369 g/mol. The van der Waals surface area contributed by atoms with Gasteiger partial charge in [-0.2, -0.15) is 0 Å². The lowest BCUT2D eigenvalue weighted by Gasteiger charge is -2.22. The molecule has 1 aromatic carbocycles. The maximum absolute atomic E-state index is 12.9. The van der Waals surface area contributed by atoms with Gasteiger partial charge >= 0.3 is 7.12 Å². The largest absolute Gasteiger partial charge is 0.475 e. The highest BCUT2D eigenvalue weighted by Gasteiger charge is 2.34. The number of benzene rings is 1. The van der Waals surface area contributed by atoms with E-state index in [1.807, 2.05) is 30.3 Å². The first-order valence-corrected chi connectivity index (χ1v) is 9.52. The number of hydrogen-bond acceptors (Lipinski definition) is 6. The Morgan fingerprint density at radius 3 is 2.48 bits per heavy atom. The van der Waals surface area contributed by atoms with E-state index in [1.54, 1.807) is 0 Å². The van der Waals surface area contributed by atoms with Crippen LogP contribution in [0.2, 0.25) is 0 Å². The number of carbonyl (C=O) groups is 2. The molecule has 0 aliphatic heterocycles. The lowest BCUT2D eigenvalue weighted by molar-refractivity contribution is -0.125. The molecule has 1 amide bonds. The average Bonchev–Trinajstić information content (AvgIpc) is 3.52. The predicted octanol–water partition coefficient (Wildman–Crippen LogP) is 1.84. The van der Waals surface area contributed by atoms with Crippen molar-refractivity contribution in [3.8, 4) is 0 Å². The van der Waals surface area contributed by atoms with Crippen molar-refractivity contribution in [3.05, 3.63) is 60.2 Å². The highest BCUT2D eigenvalue weighted by Crippen LogP contribution is 2.33. The minimum Gasteiger partial charge on any atom is -0.426 e. The van der Waals surface area contributed by atoms with E-state index < -0.39 is 19.0 Å². The second-order valence-corrected chi connectivity index (χ2v) is 7.31. The Kier molecular flexibility index (Phi) is 8.48. The molecule has 3 rings (SSSR count). The Morgan fingerprint density at radius 2 is 1.90 bits per heavy atom. The van der Waals surface area contributed by atoms with Crippen molar-refractivity contribution in [3.63, 3.8) is 0 Å². The first-order valence-electron chi connectivity index (χ1n) is 9.52. The molecule has 2 atom stereocenters. The van der Waals surface area contributed by atoms with Gasteiger partial charge < -0.3 is 15.4 Å². The molecule has 7 nitrogen and oxygen atoms in total. The normalized spacial score (nSPS) is 15.0. The lowest BCUT2D eigenvalue weighted by atomic mass is 9.76. The summed E-state index contributed by atoms with van der Waals surface area (Å²) >= 11 is 0. The van der Waals surface area contributed by atoms with Crippen molar-refractivity contribution in [2.75, 3.05) is 0 Å². The number of nitrogens with zero attached hydrogens (tertiary/aromatic N) is 2.